The van der Waals surface area contributed by atoms with Crippen molar-refractivity contribution in [1.82, 2.24) is 34.7 Å². The molecule has 0 aliphatic carbocycles. The summed E-state index contributed by atoms with van der Waals surface area (Å²) in [5, 5.41) is 14.9. The van der Waals surface area contributed by atoms with Crippen LogP contribution in [0.15, 0.2) is 36.7 Å². The molecule has 1 aliphatic heterocycles. The van der Waals surface area contributed by atoms with Gasteiger partial charge in [-0.2, -0.15) is 0 Å². The van der Waals surface area contributed by atoms with Crippen molar-refractivity contribution in [3.05, 3.63) is 42.5 Å². The van der Waals surface area contributed by atoms with Crippen molar-refractivity contribution in [3.63, 3.8) is 0 Å². The summed E-state index contributed by atoms with van der Waals surface area (Å²) in [6.45, 7) is 5.31. The van der Waals surface area contributed by atoms with Crippen LogP contribution in [0.25, 0.3) is 11.4 Å². The quantitative estimate of drug-likeness (QED) is 0.687. The summed E-state index contributed by atoms with van der Waals surface area (Å²) in [6, 6.07) is 7.68. The molecule has 3 heterocycles. The van der Waals surface area contributed by atoms with Crippen molar-refractivity contribution < 1.29 is 4.79 Å². The van der Waals surface area contributed by atoms with E-state index in [2.05, 4.69) is 30.7 Å². The van der Waals surface area contributed by atoms with E-state index in [0.29, 0.717) is 12.4 Å². The van der Waals surface area contributed by atoms with Gasteiger partial charge in [0.05, 0.1) is 6.54 Å². The van der Waals surface area contributed by atoms with Gasteiger partial charge in [0.1, 0.15) is 5.82 Å². The Morgan fingerprint density at radius 3 is 2.83 bits per heavy atom. The summed E-state index contributed by atoms with van der Waals surface area (Å²) in [7, 11) is 2.01. The van der Waals surface area contributed by atoms with Gasteiger partial charge in [-0.15, -0.1) is 5.10 Å². The van der Waals surface area contributed by atoms with Crippen LogP contribution in [0.5, 0.6) is 0 Å². The predicted octanol–water partition coefficient (Wildman–Crippen LogP) is 1.94. The summed E-state index contributed by atoms with van der Waals surface area (Å²) < 4.78 is 3.78. The maximum atomic E-state index is 12.8. The number of carbonyl (C=O) groups excluding carboxylic acids is 1. The standard InChI is InChI=1S/C20H26N8O/c1-3-28-19(23-24-25-28)16-5-4-6-17(13-16)22-20(29)15-7-10-27(11-8-15)14-18-21-9-12-26(18)2/h4-6,9,12-13,15H,3,7-8,10-11,14H2,1-2H3,(H,22,29). The number of aryl methyl sites for hydroxylation is 2. The fraction of sp³-hybridized carbons (Fsp3) is 0.450. The van der Waals surface area contributed by atoms with Gasteiger partial charge in [-0.25, -0.2) is 9.67 Å². The Morgan fingerprint density at radius 1 is 1.28 bits per heavy atom. The van der Waals surface area contributed by atoms with Gasteiger partial charge in [0, 0.05) is 43.2 Å². The molecule has 1 aromatic carbocycles. The van der Waals surface area contributed by atoms with E-state index < -0.39 is 0 Å². The Kier molecular flexibility index (Phi) is 5.66. The van der Waals surface area contributed by atoms with Crippen LogP contribution in [-0.2, 0) is 24.9 Å². The number of likely N-dealkylation sites (tertiary alicyclic amines) is 1. The third-order valence-corrected chi connectivity index (χ3v) is 5.46. The van der Waals surface area contributed by atoms with Crippen LogP contribution < -0.4 is 5.32 Å². The van der Waals surface area contributed by atoms with Crippen LogP contribution in [0.1, 0.15) is 25.6 Å². The molecule has 0 spiro atoms. The molecule has 3 aromatic rings. The molecule has 1 N–H and O–H groups in total. The molecule has 2 aromatic heterocycles. The summed E-state index contributed by atoms with van der Waals surface area (Å²) in [4.78, 5) is 19.5. The van der Waals surface area contributed by atoms with Crippen LogP contribution in [0.3, 0.4) is 0 Å². The highest BCUT2D eigenvalue weighted by Gasteiger charge is 2.25. The number of amides is 1. The number of piperidine rings is 1. The first-order valence-corrected chi connectivity index (χ1v) is 10.00. The van der Waals surface area contributed by atoms with E-state index in [4.69, 9.17) is 0 Å². The Labute approximate surface area is 169 Å². The van der Waals surface area contributed by atoms with Gasteiger partial charge in [-0.05, 0) is 55.4 Å². The van der Waals surface area contributed by atoms with Gasteiger partial charge in [0.25, 0.3) is 0 Å². The Hall–Kier alpha value is -3.07. The number of imidazole rings is 1. The molecule has 1 aliphatic rings. The molecule has 29 heavy (non-hydrogen) atoms. The molecule has 1 saturated heterocycles. The first-order valence-electron chi connectivity index (χ1n) is 10.00. The van der Waals surface area contributed by atoms with E-state index in [1.807, 2.05) is 55.2 Å². The number of nitrogens with zero attached hydrogens (tertiary/aromatic N) is 7. The first-order chi connectivity index (χ1) is 14.1. The van der Waals surface area contributed by atoms with Crippen molar-refractivity contribution in [2.45, 2.75) is 32.9 Å². The third kappa shape index (κ3) is 4.34. The lowest BCUT2D eigenvalue weighted by Gasteiger charge is -2.31. The number of nitrogens with one attached hydrogen (secondary N) is 1. The molecule has 1 fully saturated rings. The summed E-state index contributed by atoms with van der Waals surface area (Å²) >= 11 is 0. The minimum Gasteiger partial charge on any atom is -0.337 e. The second kappa shape index (κ2) is 8.52. The fourth-order valence-electron chi connectivity index (χ4n) is 3.71. The Balaban J connectivity index is 1.34. The van der Waals surface area contributed by atoms with Gasteiger partial charge in [0.15, 0.2) is 5.82 Å². The smallest absolute Gasteiger partial charge is 0.227 e. The molecular formula is C20H26N8O. The number of benzene rings is 1. The van der Waals surface area contributed by atoms with Gasteiger partial charge in [0.2, 0.25) is 5.91 Å². The van der Waals surface area contributed by atoms with E-state index in [9.17, 15) is 4.79 Å². The molecule has 152 valence electrons. The highest BCUT2D eigenvalue weighted by molar-refractivity contribution is 5.93. The average molecular weight is 394 g/mol. The topological polar surface area (TPSA) is 93.8 Å². The molecule has 0 saturated carbocycles. The summed E-state index contributed by atoms with van der Waals surface area (Å²) in [5.41, 5.74) is 1.66. The van der Waals surface area contributed by atoms with Crippen molar-refractivity contribution in [2.24, 2.45) is 13.0 Å². The number of anilines is 1. The number of hydrogen-bond acceptors (Lipinski definition) is 6. The number of tetrazole rings is 1. The van der Waals surface area contributed by atoms with Crippen LogP contribution in [0, 0.1) is 5.92 Å². The number of rotatable bonds is 6. The van der Waals surface area contributed by atoms with Crippen LogP contribution in [0.2, 0.25) is 0 Å². The molecule has 0 bridgehead atoms. The van der Waals surface area contributed by atoms with Crippen molar-refractivity contribution in [2.75, 3.05) is 18.4 Å². The number of hydrogen-bond donors (Lipinski definition) is 1. The SMILES string of the molecule is CCn1nnnc1-c1cccc(NC(=O)C2CCN(Cc3nccn3C)CC2)c1. The van der Waals surface area contributed by atoms with Gasteiger partial charge >= 0.3 is 0 Å². The van der Waals surface area contributed by atoms with Crippen molar-refractivity contribution in [3.8, 4) is 11.4 Å². The molecule has 9 heteroatoms. The molecule has 0 atom stereocenters. The normalized spacial score (nSPS) is 15.5. The van der Waals surface area contributed by atoms with Gasteiger partial charge < -0.3 is 9.88 Å². The second-order valence-electron chi connectivity index (χ2n) is 7.39. The molecule has 0 unspecified atom stereocenters. The maximum absolute atomic E-state index is 12.8. The van der Waals surface area contributed by atoms with Gasteiger partial charge in [-0.3, -0.25) is 9.69 Å². The van der Waals surface area contributed by atoms with E-state index >= 15 is 0 Å². The zero-order valence-corrected chi connectivity index (χ0v) is 16.8. The second-order valence-corrected chi connectivity index (χ2v) is 7.39. The average Bonchev–Trinajstić information content (AvgIpc) is 3.38. The van der Waals surface area contributed by atoms with Gasteiger partial charge in [-0.1, -0.05) is 12.1 Å². The Morgan fingerprint density at radius 2 is 2.10 bits per heavy atom. The fourth-order valence-corrected chi connectivity index (χ4v) is 3.71. The minimum atomic E-state index is 0.0252. The zero-order valence-electron chi connectivity index (χ0n) is 16.8. The van der Waals surface area contributed by atoms with Crippen LogP contribution >= 0.6 is 0 Å². The van der Waals surface area contributed by atoms with Crippen LogP contribution in [0.4, 0.5) is 5.69 Å². The molecule has 0 radical (unpaired) electrons. The summed E-state index contributed by atoms with van der Waals surface area (Å²) in [5.74, 6) is 1.86. The van der Waals surface area contributed by atoms with E-state index in [0.717, 1.165) is 49.6 Å². The number of aromatic nitrogens is 6. The van der Waals surface area contributed by atoms with Crippen molar-refractivity contribution >= 4 is 11.6 Å². The monoisotopic (exact) mass is 394 g/mol. The molecule has 1 amide bonds. The van der Waals surface area contributed by atoms with E-state index in [1.165, 1.54) is 0 Å². The van der Waals surface area contributed by atoms with Crippen LogP contribution in [-0.4, -0.2) is 53.7 Å². The third-order valence-electron chi connectivity index (χ3n) is 5.46. The largest absolute Gasteiger partial charge is 0.337 e. The zero-order chi connectivity index (χ0) is 20.2. The highest BCUT2D eigenvalue weighted by Crippen LogP contribution is 2.23. The van der Waals surface area contributed by atoms with E-state index in [-0.39, 0.29) is 11.8 Å². The number of carbonyl (C=O) groups is 1. The van der Waals surface area contributed by atoms with Crippen molar-refractivity contribution in [1.29, 1.82) is 0 Å². The highest BCUT2D eigenvalue weighted by atomic mass is 16.1. The lowest BCUT2D eigenvalue weighted by molar-refractivity contribution is -0.121. The lowest BCUT2D eigenvalue weighted by atomic mass is 9.95. The molecule has 4 rings (SSSR count). The molecule has 9 nitrogen and oxygen atoms in total. The molecular weight excluding hydrogens is 368 g/mol. The summed E-state index contributed by atoms with van der Waals surface area (Å²) in [6.07, 6.45) is 5.49. The first kappa shape index (κ1) is 19.3. The maximum Gasteiger partial charge on any atom is 0.227 e. The predicted molar refractivity (Wildman–Crippen MR) is 109 cm³/mol. The van der Waals surface area contributed by atoms with E-state index in [1.54, 1.807) is 4.68 Å². The minimum absolute atomic E-state index is 0.0252. The Bertz CT molecular complexity index is 970. The lowest BCUT2D eigenvalue weighted by Crippen LogP contribution is -2.38.